The summed E-state index contributed by atoms with van der Waals surface area (Å²) < 4.78 is 2.34. The van der Waals surface area contributed by atoms with Crippen molar-refractivity contribution in [2.45, 2.75) is 25.9 Å². The van der Waals surface area contributed by atoms with Gasteiger partial charge in [-0.15, -0.1) is 0 Å². The standard InChI is InChI=1S/C30H26N4OS/c1-19-18-25(20(2)33(19)27-12-7-9-21-8-3-4-10-24(21)27)29-28(26-11-5-6-17-31-26)32-30(36)34(29)22-13-15-23(35)16-14-22/h3-18,28-29,35H,1-2H3,(H,32,36). The number of anilines is 1. The smallest absolute Gasteiger partial charge is 0.174 e. The number of aromatic hydroxyl groups is 1. The lowest BCUT2D eigenvalue weighted by atomic mass is 9.96. The van der Waals surface area contributed by atoms with Crippen LogP contribution in [0.4, 0.5) is 5.69 Å². The van der Waals surface area contributed by atoms with E-state index in [1.165, 1.54) is 16.3 Å². The van der Waals surface area contributed by atoms with Crippen molar-refractivity contribution in [2.75, 3.05) is 4.90 Å². The fraction of sp³-hybridized carbons (Fsp3) is 0.133. The molecule has 2 atom stereocenters. The van der Waals surface area contributed by atoms with Crippen LogP contribution in [0.2, 0.25) is 0 Å². The molecule has 1 saturated heterocycles. The van der Waals surface area contributed by atoms with Crippen molar-refractivity contribution in [3.63, 3.8) is 0 Å². The zero-order valence-corrected chi connectivity index (χ0v) is 20.9. The fourth-order valence-corrected chi connectivity index (χ4v) is 5.77. The fourth-order valence-electron chi connectivity index (χ4n) is 5.42. The van der Waals surface area contributed by atoms with Crippen LogP contribution < -0.4 is 10.2 Å². The molecule has 6 rings (SSSR count). The van der Waals surface area contributed by atoms with Gasteiger partial charge in [-0.1, -0.05) is 42.5 Å². The number of hydrogen-bond donors (Lipinski definition) is 2. The van der Waals surface area contributed by atoms with Gasteiger partial charge in [0, 0.05) is 28.7 Å². The maximum absolute atomic E-state index is 9.89. The molecule has 0 saturated carbocycles. The second kappa shape index (κ2) is 8.81. The molecule has 1 fully saturated rings. The first kappa shape index (κ1) is 22.3. The van der Waals surface area contributed by atoms with Crippen LogP contribution in [0.3, 0.4) is 0 Å². The van der Waals surface area contributed by atoms with Gasteiger partial charge in [0.25, 0.3) is 0 Å². The molecule has 5 nitrogen and oxygen atoms in total. The van der Waals surface area contributed by atoms with Gasteiger partial charge in [-0.2, -0.15) is 0 Å². The van der Waals surface area contributed by atoms with Gasteiger partial charge in [-0.25, -0.2) is 0 Å². The number of rotatable bonds is 4. The van der Waals surface area contributed by atoms with Gasteiger partial charge >= 0.3 is 0 Å². The zero-order valence-electron chi connectivity index (χ0n) is 20.1. The number of phenolic OH excluding ortho intramolecular Hbond substituents is 1. The van der Waals surface area contributed by atoms with E-state index >= 15 is 0 Å². The molecule has 5 aromatic rings. The van der Waals surface area contributed by atoms with E-state index in [1.54, 1.807) is 12.1 Å². The Hall–Kier alpha value is -4.16. The third-order valence-corrected chi connectivity index (χ3v) is 7.34. The number of nitrogens with zero attached hydrogens (tertiary/aromatic N) is 3. The topological polar surface area (TPSA) is 53.3 Å². The largest absolute Gasteiger partial charge is 0.508 e. The molecule has 2 N–H and O–H groups in total. The number of pyridine rings is 1. The van der Waals surface area contributed by atoms with Crippen molar-refractivity contribution in [3.8, 4) is 11.4 Å². The van der Waals surface area contributed by atoms with E-state index in [4.69, 9.17) is 12.2 Å². The van der Waals surface area contributed by atoms with Gasteiger partial charge in [-0.3, -0.25) is 4.98 Å². The number of thiocarbonyl (C=S) groups is 1. The normalized spacial score (nSPS) is 17.5. The van der Waals surface area contributed by atoms with E-state index in [2.05, 4.69) is 82.1 Å². The van der Waals surface area contributed by atoms with Gasteiger partial charge < -0.3 is 19.9 Å². The Bertz CT molecular complexity index is 1570. The highest BCUT2D eigenvalue weighted by Gasteiger charge is 2.42. The Morgan fingerprint density at radius 3 is 2.42 bits per heavy atom. The van der Waals surface area contributed by atoms with Crippen LogP contribution in [-0.4, -0.2) is 19.8 Å². The summed E-state index contributed by atoms with van der Waals surface area (Å²) in [6.45, 7) is 4.33. The summed E-state index contributed by atoms with van der Waals surface area (Å²) in [5.41, 5.74) is 6.50. The summed E-state index contributed by atoms with van der Waals surface area (Å²) in [7, 11) is 0. The maximum Gasteiger partial charge on any atom is 0.174 e. The monoisotopic (exact) mass is 490 g/mol. The number of nitrogens with one attached hydrogen (secondary N) is 1. The lowest BCUT2D eigenvalue weighted by Crippen LogP contribution is -2.29. The number of hydrogen-bond acceptors (Lipinski definition) is 3. The molecule has 2 unspecified atom stereocenters. The Balaban J connectivity index is 1.55. The highest BCUT2D eigenvalue weighted by Crippen LogP contribution is 2.44. The Morgan fingerprint density at radius 1 is 0.889 bits per heavy atom. The summed E-state index contributed by atoms with van der Waals surface area (Å²) in [5, 5.41) is 16.5. The van der Waals surface area contributed by atoms with Gasteiger partial charge in [0.1, 0.15) is 5.75 Å². The lowest BCUT2D eigenvalue weighted by molar-refractivity contribution is 0.475. The number of phenols is 1. The first-order valence-corrected chi connectivity index (χ1v) is 12.4. The number of aryl methyl sites for hydroxylation is 1. The van der Waals surface area contributed by atoms with E-state index in [0.717, 1.165) is 28.5 Å². The Kier molecular flexibility index (Phi) is 5.46. The molecule has 1 aliphatic rings. The van der Waals surface area contributed by atoms with E-state index in [0.29, 0.717) is 5.11 Å². The lowest BCUT2D eigenvalue weighted by Gasteiger charge is -2.28. The first-order chi connectivity index (χ1) is 17.5. The average Bonchev–Trinajstić information content (AvgIpc) is 3.39. The van der Waals surface area contributed by atoms with E-state index in [1.807, 2.05) is 36.5 Å². The van der Waals surface area contributed by atoms with Crippen molar-refractivity contribution >= 4 is 33.8 Å². The van der Waals surface area contributed by atoms with Crippen molar-refractivity contribution in [1.82, 2.24) is 14.9 Å². The van der Waals surface area contributed by atoms with Crippen molar-refractivity contribution in [3.05, 3.63) is 120 Å². The highest BCUT2D eigenvalue weighted by atomic mass is 32.1. The van der Waals surface area contributed by atoms with Crippen LogP contribution in [0, 0.1) is 13.8 Å². The molecule has 3 heterocycles. The second-order valence-electron chi connectivity index (χ2n) is 9.17. The third kappa shape index (κ3) is 3.62. The number of benzene rings is 3. The summed E-state index contributed by atoms with van der Waals surface area (Å²) in [6, 6.07) is 30.1. The second-order valence-corrected chi connectivity index (χ2v) is 9.56. The van der Waals surface area contributed by atoms with Crippen molar-refractivity contribution in [1.29, 1.82) is 0 Å². The predicted octanol–water partition coefficient (Wildman–Crippen LogP) is 6.53. The predicted molar refractivity (Wildman–Crippen MR) is 149 cm³/mol. The minimum absolute atomic E-state index is 0.119. The molecule has 3 aromatic carbocycles. The average molecular weight is 491 g/mol. The third-order valence-electron chi connectivity index (χ3n) is 7.02. The molecular formula is C30H26N4OS. The molecular weight excluding hydrogens is 464 g/mol. The SMILES string of the molecule is Cc1cc(C2C(c3ccccn3)NC(=S)N2c2ccc(O)cc2)c(C)n1-c1cccc2ccccc12. The number of aromatic nitrogens is 2. The van der Waals surface area contributed by atoms with Gasteiger partial charge in [0.2, 0.25) is 0 Å². The summed E-state index contributed by atoms with van der Waals surface area (Å²) in [5.74, 6) is 0.226. The molecule has 1 aliphatic heterocycles. The Labute approximate surface area is 215 Å². The molecule has 0 aliphatic carbocycles. The molecule has 0 amide bonds. The van der Waals surface area contributed by atoms with Crippen LogP contribution in [-0.2, 0) is 0 Å². The van der Waals surface area contributed by atoms with E-state index in [-0.39, 0.29) is 17.8 Å². The van der Waals surface area contributed by atoms with Crippen molar-refractivity contribution < 1.29 is 5.11 Å². The van der Waals surface area contributed by atoms with Gasteiger partial charge in [-0.05, 0) is 85.5 Å². The summed E-state index contributed by atoms with van der Waals surface area (Å²) in [4.78, 5) is 6.82. The minimum atomic E-state index is -0.131. The molecule has 2 aromatic heterocycles. The first-order valence-electron chi connectivity index (χ1n) is 12.0. The quantitative estimate of drug-likeness (QED) is 0.281. The van der Waals surface area contributed by atoms with E-state index in [9.17, 15) is 5.11 Å². The molecule has 178 valence electrons. The van der Waals surface area contributed by atoms with Crippen LogP contribution in [0.1, 0.15) is 34.7 Å². The van der Waals surface area contributed by atoms with Crippen LogP contribution in [0.15, 0.2) is 97.2 Å². The molecule has 6 heteroatoms. The zero-order chi connectivity index (χ0) is 24.8. The summed E-state index contributed by atoms with van der Waals surface area (Å²) in [6.07, 6.45) is 1.82. The van der Waals surface area contributed by atoms with Gasteiger partial charge in [0.05, 0.1) is 23.5 Å². The van der Waals surface area contributed by atoms with E-state index < -0.39 is 0 Å². The van der Waals surface area contributed by atoms with Crippen molar-refractivity contribution in [2.24, 2.45) is 0 Å². The summed E-state index contributed by atoms with van der Waals surface area (Å²) >= 11 is 5.87. The molecule has 0 radical (unpaired) electrons. The molecule has 0 bridgehead atoms. The van der Waals surface area contributed by atoms with Gasteiger partial charge in [0.15, 0.2) is 5.11 Å². The van der Waals surface area contributed by atoms with Crippen LogP contribution in [0.25, 0.3) is 16.5 Å². The molecule has 36 heavy (non-hydrogen) atoms. The van der Waals surface area contributed by atoms with Crippen LogP contribution >= 0.6 is 12.2 Å². The number of fused-ring (bicyclic) bond motifs is 1. The van der Waals surface area contributed by atoms with Crippen LogP contribution in [0.5, 0.6) is 5.75 Å². The molecule has 0 spiro atoms. The maximum atomic E-state index is 9.89. The minimum Gasteiger partial charge on any atom is -0.508 e. The Morgan fingerprint density at radius 2 is 1.64 bits per heavy atom. The highest BCUT2D eigenvalue weighted by molar-refractivity contribution is 7.80.